The topological polar surface area (TPSA) is 3.24 Å². The fraction of sp³-hybridized carbons (Fsp3) is 0.0833. The number of nitrogens with zero attached hydrogens (tertiary/aromatic N) is 1. The summed E-state index contributed by atoms with van der Waals surface area (Å²) in [4.78, 5) is 2.42. The standard InChI is InChI=1S/C24H20N.Li/c1-3-9-20(10-4-1)18-25(19-21-11-5-2-6-12-21)24-16-15-22-13-7-8-14-23(22)17-24;/h1-13,15-17H,18-19H2;/q-1;+1. The van der Waals surface area contributed by atoms with Gasteiger partial charge in [-0.05, 0) is 16.8 Å². The van der Waals surface area contributed by atoms with Crippen molar-refractivity contribution in [1.82, 2.24) is 0 Å². The van der Waals surface area contributed by atoms with Crippen LogP contribution in [0.25, 0.3) is 10.8 Å². The van der Waals surface area contributed by atoms with Crippen molar-refractivity contribution >= 4 is 16.5 Å². The minimum atomic E-state index is 0. The predicted octanol–water partition coefficient (Wildman–Crippen LogP) is 2.85. The Morgan fingerprint density at radius 3 is 1.88 bits per heavy atom. The van der Waals surface area contributed by atoms with Crippen LogP contribution in [0.3, 0.4) is 0 Å². The van der Waals surface area contributed by atoms with Crippen molar-refractivity contribution in [3.8, 4) is 0 Å². The van der Waals surface area contributed by atoms with Gasteiger partial charge in [0.2, 0.25) is 0 Å². The van der Waals surface area contributed by atoms with E-state index in [2.05, 4.69) is 95.9 Å². The van der Waals surface area contributed by atoms with Gasteiger partial charge in [0, 0.05) is 13.1 Å². The maximum absolute atomic E-state index is 3.35. The van der Waals surface area contributed by atoms with Crippen LogP contribution in [0, 0.1) is 6.07 Å². The molecule has 0 bridgehead atoms. The molecule has 4 aromatic carbocycles. The summed E-state index contributed by atoms with van der Waals surface area (Å²) in [5.74, 6) is 0. The molecule has 0 aliphatic heterocycles. The summed E-state index contributed by atoms with van der Waals surface area (Å²) in [6.45, 7) is 1.77. The fourth-order valence-electron chi connectivity index (χ4n) is 3.15. The first-order valence-electron chi connectivity index (χ1n) is 8.62. The maximum atomic E-state index is 3.35. The summed E-state index contributed by atoms with van der Waals surface area (Å²) in [7, 11) is 0. The van der Waals surface area contributed by atoms with Crippen molar-refractivity contribution in [2.24, 2.45) is 0 Å². The molecular weight excluding hydrogens is 309 g/mol. The van der Waals surface area contributed by atoms with E-state index in [0.29, 0.717) is 0 Å². The Balaban J connectivity index is 0.00000196. The molecule has 0 radical (unpaired) electrons. The van der Waals surface area contributed by atoms with Crippen LogP contribution < -0.4 is 23.8 Å². The summed E-state index contributed by atoms with van der Waals surface area (Å²) in [5, 5.41) is 2.39. The van der Waals surface area contributed by atoms with E-state index in [9.17, 15) is 0 Å². The number of fused-ring (bicyclic) bond motifs is 1. The Bertz CT molecular complexity index is 910. The normalized spacial score (nSPS) is 10.3. The monoisotopic (exact) mass is 329 g/mol. The van der Waals surface area contributed by atoms with Gasteiger partial charge in [-0.2, -0.15) is 0 Å². The molecule has 0 spiro atoms. The molecule has 122 valence electrons. The molecule has 2 heteroatoms. The first kappa shape index (κ1) is 18.3. The molecular formula is C24H20LiN. The number of hydrogen-bond acceptors (Lipinski definition) is 1. The van der Waals surface area contributed by atoms with Crippen LogP contribution in [-0.2, 0) is 13.1 Å². The van der Waals surface area contributed by atoms with Gasteiger partial charge in [0.1, 0.15) is 0 Å². The molecule has 0 unspecified atom stereocenters. The van der Waals surface area contributed by atoms with Gasteiger partial charge in [-0.1, -0.05) is 72.8 Å². The van der Waals surface area contributed by atoms with Crippen LogP contribution in [-0.4, -0.2) is 0 Å². The Morgan fingerprint density at radius 1 is 0.654 bits per heavy atom. The molecule has 0 saturated heterocycles. The average molecular weight is 329 g/mol. The van der Waals surface area contributed by atoms with Gasteiger partial charge in [0.25, 0.3) is 0 Å². The van der Waals surface area contributed by atoms with Crippen molar-refractivity contribution in [3.05, 3.63) is 114 Å². The number of rotatable bonds is 5. The molecule has 0 aliphatic carbocycles. The zero-order valence-electron chi connectivity index (χ0n) is 15.1. The second-order valence-electron chi connectivity index (χ2n) is 6.27. The third-order valence-corrected chi connectivity index (χ3v) is 4.45. The summed E-state index contributed by atoms with van der Waals surface area (Å²) < 4.78 is 0. The molecule has 26 heavy (non-hydrogen) atoms. The Kier molecular flexibility index (Phi) is 6.18. The van der Waals surface area contributed by atoms with Gasteiger partial charge in [0.05, 0.1) is 0 Å². The van der Waals surface area contributed by atoms with Crippen LogP contribution in [0.5, 0.6) is 0 Å². The molecule has 0 atom stereocenters. The third-order valence-electron chi connectivity index (χ3n) is 4.45. The molecule has 0 aromatic heterocycles. The van der Waals surface area contributed by atoms with Crippen LogP contribution in [0.2, 0.25) is 0 Å². The van der Waals surface area contributed by atoms with Crippen molar-refractivity contribution in [2.75, 3.05) is 4.90 Å². The fourth-order valence-corrected chi connectivity index (χ4v) is 3.15. The van der Waals surface area contributed by atoms with E-state index in [4.69, 9.17) is 0 Å². The Hall–Kier alpha value is -2.46. The molecule has 4 aromatic rings. The molecule has 0 fully saturated rings. The SMILES string of the molecule is [Li+].[c-]1cccc2ccc(N(Cc3ccccc3)Cc3ccccc3)cc12. The van der Waals surface area contributed by atoms with Crippen LogP contribution in [0.15, 0.2) is 97.1 Å². The smallest absolute Gasteiger partial charge is 0.371 e. The van der Waals surface area contributed by atoms with Crippen LogP contribution >= 0.6 is 0 Å². The quantitative estimate of drug-likeness (QED) is 0.402. The summed E-state index contributed by atoms with van der Waals surface area (Å²) in [6, 6.07) is 37.4. The largest absolute Gasteiger partial charge is 1.00 e. The molecule has 0 amide bonds. The van der Waals surface area contributed by atoms with Gasteiger partial charge >= 0.3 is 18.9 Å². The second kappa shape index (κ2) is 8.76. The van der Waals surface area contributed by atoms with Crippen LogP contribution in [0.4, 0.5) is 5.69 Å². The molecule has 0 N–H and O–H groups in total. The van der Waals surface area contributed by atoms with E-state index in [1.807, 2.05) is 12.1 Å². The van der Waals surface area contributed by atoms with Crippen molar-refractivity contribution in [2.45, 2.75) is 13.1 Å². The van der Waals surface area contributed by atoms with Crippen molar-refractivity contribution < 1.29 is 18.9 Å². The first-order valence-corrected chi connectivity index (χ1v) is 8.62. The summed E-state index contributed by atoms with van der Waals surface area (Å²) in [6.07, 6.45) is 0. The molecule has 0 aliphatic rings. The van der Waals surface area contributed by atoms with Gasteiger partial charge in [0.15, 0.2) is 0 Å². The van der Waals surface area contributed by atoms with E-state index < -0.39 is 0 Å². The zero-order valence-corrected chi connectivity index (χ0v) is 15.1. The van der Waals surface area contributed by atoms with E-state index >= 15 is 0 Å². The second-order valence-corrected chi connectivity index (χ2v) is 6.27. The molecule has 0 heterocycles. The van der Waals surface area contributed by atoms with E-state index in [1.54, 1.807) is 0 Å². The first-order chi connectivity index (χ1) is 12.4. The number of anilines is 1. The van der Waals surface area contributed by atoms with Crippen molar-refractivity contribution in [1.29, 1.82) is 0 Å². The summed E-state index contributed by atoms with van der Waals surface area (Å²) in [5.41, 5.74) is 3.86. The minimum absolute atomic E-state index is 0. The van der Waals surface area contributed by atoms with Gasteiger partial charge < -0.3 is 4.90 Å². The number of benzene rings is 4. The summed E-state index contributed by atoms with van der Waals surface area (Å²) >= 11 is 0. The van der Waals surface area contributed by atoms with Crippen LogP contribution in [0.1, 0.15) is 11.1 Å². The Morgan fingerprint density at radius 2 is 1.27 bits per heavy atom. The van der Waals surface area contributed by atoms with E-state index in [1.165, 1.54) is 22.2 Å². The van der Waals surface area contributed by atoms with Gasteiger partial charge in [-0.3, -0.25) is 0 Å². The van der Waals surface area contributed by atoms with E-state index in [0.717, 1.165) is 18.5 Å². The van der Waals surface area contributed by atoms with Gasteiger partial charge in [-0.25, -0.2) is 0 Å². The molecule has 1 nitrogen and oxygen atoms in total. The maximum Gasteiger partial charge on any atom is 1.00 e. The zero-order chi connectivity index (χ0) is 16.9. The predicted molar refractivity (Wildman–Crippen MR) is 106 cm³/mol. The minimum Gasteiger partial charge on any atom is -0.371 e. The van der Waals surface area contributed by atoms with Gasteiger partial charge in [-0.15, -0.1) is 41.1 Å². The molecule has 0 saturated carbocycles. The van der Waals surface area contributed by atoms with Crippen molar-refractivity contribution in [3.63, 3.8) is 0 Å². The molecule has 4 rings (SSSR count). The van der Waals surface area contributed by atoms with E-state index in [-0.39, 0.29) is 18.9 Å². The third kappa shape index (κ3) is 4.38. The average Bonchev–Trinajstić information content (AvgIpc) is 2.69. The Labute approximate surface area is 167 Å². The number of hydrogen-bond donors (Lipinski definition) is 0.